The summed E-state index contributed by atoms with van der Waals surface area (Å²) in [5, 5.41) is 0. The van der Waals surface area contributed by atoms with E-state index in [1.165, 1.54) is 17.0 Å². The highest BCUT2D eigenvalue weighted by Gasteiger charge is 2.19. The van der Waals surface area contributed by atoms with E-state index < -0.39 is 0 Å². The largest absolute Gasteiger partial charge is 0.308 e. The van der Waals surface area contributed by atoms with Gasteiger partial charge in [0.1, 0.15) is 12.7 Å². The number of rotatable bonds is 2. The molecule has 0 amide bonds. The molecular formula is C17H23N4+. The summed E-state index contributed by atoms with van der Waals surface area (Å²) in [6, 6.07) is 4.44. The maximum absolute atomic E-state index is 4.38. The first-order valence-corrected chi connectivity index (χ1v) is 7.32. The number of aryl methyl sites for hydroxylation is 2. The highest BCUT2D eigenvalue weighted by atomic mass is 15.2. The van der Waals surface area contributed by atoms with Gasteiger partial charge in [-0.3, -0.25) is 4.40 Å². The predicted molar refractivity (Wildman–Crippen MR) is 83.9 cm³/mol. The van der Waals surface area contributed by atoms with Crippen molar-refractivity contribution >= 4 is 5.78 Å². The molecule has 3 aromatic heterocycles. The zero-order valence-corrected chi connectivity index (χ0v) is 13.5. The van der Waals surface area contributed by atoms with Gasteiger partial charge in [-0.2, -0.15) is 4.57 Å². The lowest BCUT2D eigenvalue weighted by Crippen LogP contribution is -2.32. The third kappa shape index (κ3) is 2.58. The van der Waals surface area contributed by atoms with Crippen molar-refractivity contribution in [3.05, 3.63) is 42.5 Å². The van der Waals surface area contributed by atoms with Crippen molar-refractivity contribution < 1.29 is 4.57 Å². The second-order valence-corrected chi connectivity index (χ2v) is 6.98. The van der Waals surface area contributed by atoms with Crippen molar-refractivity contribution in [3.8, 4) is 11.4 Å². The summed E-state index contributed by atoms with van der Waals surface area (Å²) in [6.45, 7) is 6.81. The molecule has 0 aromatic carbocycles. The number of hydrogen-bond acceptors (Lipinski definition) is 1. The number of imidazole rings is 2. The number of pyridine rings is 1. The summed E-state index contributed by atoms with van der Waals surface area (Å²) in [5.41, 5.74) is 4.04. The molecule has 3 heterocycles. The molecule has 0 spiro atoms. The van der Waals surface area contributed by atoms with Gasteiger partial charge < -0.3 is 4.57 Å². The van der Waals surface area contributed by atoms with E-state index in [0.29, 0.717) is 5.41 Å². The van der Waals surface area contributed by atoms with Crippen LogP contribution in [0.5, 0.6) is 0 Å². The van der Waals surface area contributed by atoms with E-state index in [9.17, 15) is 0 Å². The molecule has 0 unspecified atom stereocenters. The molecule has 0 aliphatic carbocycles. The van der Waals surface area contributed by atoms with E-state index in [0.717, 1.165) is 12.2 Å². The van der Waals surface area contributed by atoms with Gasteiger partial charge in [-0.25, -0.2) is 4.98 Å². The minimum absolute atomic E-state index is 0.306. The highest BCUT2D eigenvalue weighted by Crippen LogP contribution is 2.22. The van der Waals surface area contributed by atoms with Gasteiger partial charge in [-0.15, -0.1) is 0 Å². The first-order chi connectivity index (χ1) is 9.85. The van der Waals surface area contributed by atoms with Gasteiger partial charge in [-0.1, -0.05) is 20.8 Å². The average Bonchev–Trinajstić information content (AvgIpc) is 2.92. The van der Waals surface area contributed by atoms with Gasteiger partial charge >= 0.3 is 0 Å². The predicted octanol–water partition coefficient (Wildman–Crippen LogP) is 2.75. The van der Waals surface area contributed by atoms with Crippen molar-refractivity contribution in [1.29, 1.82) is 0 Å². The second-order valence-electron chi connectivity index (χ2n) is 6.98. The lowest BCUT2D eigenvalue weighted by molar-refractivity contribution is -0.661. The summed E-state index contributed by atoms with van der Waals surface area (Å²) >= 11 is 0. The van der Waals surface area contributed by atoms with E-state index in [1.807, 2.05) is 12.4 Å². The van der Waals surface area contributed by atoms with Gasteiger partial charge in [0.2, 0.25) is 11.5 Å². The highest BCUT2D eigenvalue weighted by molar-refractivity contribution is 5.56. The average molecular weight is 283 g/mol. The molecule has 4 heteroatoms. The molecule has 0 bridgehead atoms. The lowest BCUT2D eigenvalue weighted by atomic mass is 9.89. The Morgan fingerprint density at radius 2 is 2.00 bits per heavy atom. The van der Waals surface area contributed by atoms with Crippen LogP contribution in [-0.2, 0) is 20.5 Å². The summed E-state index contributed by atoms with van der Waals surface area (Å²) < 4.78 is 6.38. The van der Waals surface area contributed by atoms with Crippen LogP contribution >= 0.6 is 0 Å². The molecule has 110 valence electrons. The van der Waals surface area contributed by atoms with Crippen LogP contribution in [0.4, 0.5) is 0 Å². The van der Waals surface area contributed by atoms with Crippen LogP contribution in [0.15, 0.2) is 36.9 Å². The molecule has 0 saturated carbocycles. The molecule has 0 fully saturated rings. The molecule has 21 heavy (non-hydrogen) atoms. The van der Waals surface area contributed by atoms with Gasteiger partial charge in [0.25, 0.3) is 0 Å². The van der Waals surface area contributed by atoms with Crippen LogP contribution in [-0.4, -0.2) is 14.0 Å². The van der Waals surface area contributed by atoms with Crippen LogP contribution < -0.4 is 4.57 Å². The summed E-state index contributed by atoms with van der Waals surface area (Å²) in [4.78, 5) is 4.38. The van der Waals surface area contributed by atoms with E-state index >= 15 is 0 Å². The van der Waals surface area contributed by atoms with Gasteiger partial charge in [0.05, 0.1) is 0 Å². The fourth-order valence-electron chi connectivity index (χ4n) is 2.88. The number of aromatic nitrogens is 4. The Hall–Kier alpha value is -2.10. The number of fused-ring (bicyclic) bond motifs is 1. The minimum atomic E-state index is 0.306. The van der Waals surface area contributed by atoms with Crippen molar-refractivity contribution in [2.75, 3.05) is 0 Å². The van der Waals surface area contributed by atoms with Crippen molar-refractivity contribution in [3.63, 3.8) is 0 Å². The third-order valence-corrected chi connectivity index (χ3v) is 3.76. The smallest absolute Gasteiger partial charge is 0.230 e. The van der Waals surface area contributed by atoms with Crippen molar-refractivity contribution in [2.45, 2.75) is 27.2 Å². The molecule has 0 aliphatic rings. The van der Waals surface area contributed by atoms with Gasteiger partial charge in [0, 0.05) is 37.3 Å². The molecule has 0 aliphatic heterocycles. The summed E-state index contributed by atoms with van der Waals surface area (Å²) in [6.07, 6.45) is 9.24. The summed E-state index contributed by atoms with van der Waals surface area (Å²) in [7, 11) is 4.16. The fourth-order valence-corrected chi connectivity index (χ4v) is 2.88. The van der Waals surface area contributed by atoms with E-state index in [-0.39, 0.29) is 0 Å². The van der Waals surface area contributed by atoms with Crippen molar-refractivity contribution in [1.82, 2.24) is 14.0 Å². The molecule has 3 aromatic rings. The Bertz CT molecular complexity index is 787. The Morgan fingerprint density at radius 1 is 1.24 bits per heavy atom. The monoisotopic (exact) mass is 283 g/mol. The van der Waals surface area contributed by atoms with E-state index in [1.54, 1.807) is 0 Å². The molecule has 0 N–H and O–H groups in total. The fraction of sp³-hybridized carbons (Fsp3) is 0.412. The maximum Gasteiger partial charge on any atom is 0.230 e. The quantitative estimate of drug-likeness (QED) is 0.664. The lowest BCUT2D eigenvalue weighted by Gasteiger charge is -2.17. The molecule has 0 radical (unpaired) electrons. The van der Waals surface area contributed by atoms with Crippen LogP contribution in [0.2, 0.25) is 0 Å². The topological polar surface area (TPSA) is 26.1 Å². The molecule has 0 atom stereocenters. The Kier molecular flexibility index (Phi) is 3.12. The maximum atomic E-state index is 4.38. The van der Waals surface area contributed by atoms with E-state index in [4.69, 9.17) is 0 Å². The van der Waals surface area contributed by atoms with Crippen LogP contribution in [0.25, 0.3) is 17.2 Å². The standard InChI is InChI=1S/C17H23N4/c1-17(2,3)10-13-6-7-14(19(4)11-13)15-12-21-9-8-18-16(21)20(15)5/h6-9,11-12H,10H2,1-5H3/q+1. The Labute approximate surface area is 125 Å². The summed E-state index contributed by atoms with van der Waals surface area (Å²) in [5.74, 6) is 0.962. The molecule has 0 saturated heterocycles. The van der Waals surface area contributed by atoms with Crippen LogP contribution in [0.3, 0.4) is 0 Å². The third-order valence-electron chi connectivity index (χ3n) is 3.76. The van der Waals surface area contributed by atoms with E-state index in [2.05, 4.69) is 77.9 Å². The number of hydrogen-bond donors (Lipinski definition) is 0. The zero-order valence-electron chi connectivity index (χ0n) is 13.5. The van der Waals surface area contributed by atoms with Crippen molar-refractivity contribution in [2.24, 2.45) is 19.5 Å². The van der Waals surface area contributed by atoms with Crippen LogP contribution in [0, 0.1) is 5.41 Å². The number of nitrogens with zero attached hydrogens (tertiary/aromatic N) is 4. The first kappa shape index (κ1) is 13.9. The Balaban J connectivity index is 2.03. The van der Waals surface area contributed by atoms with Crippen LogP contribution in [0.1, 0.15) is 26.3 Å². The first-order valence-electron chi connectivity index (χ1n) is 7.32. The normalized spacial score (nSPS) is 12.2. The SMILES string of the molecule is Cn1c(-c2ccc(CC(C)(C)C)c[n+]2C)cn2ccnc12. The molecule has 3 rings (SSSR count). The minimum Gasteiger partial charge on any atom is -0.308 e. The Morgan fingerprint density at radius 3 is 2.62 bits per heavy atom. The molecule has 4 nitrogen and oxygen atoms in total. The zero-order chi connectivity index (χ0) is 15.2. The van der Waals surface area contributed by atoms with Gasteiger partial charge in [0.15, 0.2) is 6.20 Å². The molecular weight excluding hydrogens is 260 g/mol. The second kappa shape index (κ2) is 4.72. The van der Waals surface area contributed by atoms with Gasteiger partial charge in [-0.05, 0) is 17.9 Å².